The first-order valence-electron chi connectivity index (χ1n) is 8.26. The van der Waals surface area contributed by atoms with Gasteiger partial charge in [0.05, 0.1) is 5.56 Å². The minimum absolute atomic E-state index is 0.0462. The van der Waals surface area contributed by atoms with Crippen LogP contribution in [-0.4, -0.2) is 16.3 Å². The van der Waals surface area contributed by atoms with Crippen molar-refractivity contribution in [2.75, 3.05) is 0 Å². The van der Waals surface area contributed by atoms with E-state index in [-0.39, 0.29) is 12.4 Å². The van der Waals surface area contributed by atoms with E-state index >= 15 is 0 Å². The van der Waals surface area contributed by atoms with Crippen LogP contribution in [0.4, 0.5) is 13.2 Å². The summed E-state index contributed by atoms with van der Waals surface area (Å²) in [5, 5.41) is 0. The summed E-state index contributed by atoms with van der Waals surface area (Å²) in [5.41, 5.74) is 2.16. The van der Waals surface area contributed by atoms with Gasteiger partial charge in [-0.25, -0.2) is 9.97 Å². The molecule has 2 aromatic heterocycles. The number of fused-ring (bicyclic) bond motifs is 1. The molecule has 0 fully saturated rings. The molecule has 0 unspecified atom stereocenters. The lowest BCUT2D eigenvalue weighted by atomic mass is 10.2. The first-order valence-corrected chi connectivity index (χ1v) is 8.26. The van der Waals surface area contributed by atoms with Crippen molar-refractivity contribution in [3.8, 4) is 23.0 Å². The van der Waals surface area contributed by atoms with E-state index in [2.05, 4.69) is 14.7 Å². The van der Waals surface area contributed by atoms with Gasteiger partial charge in [-0.2, -0.15) is 0 Å². The van der Waals surface area contributed by atoms with Gasteiger partial charge in [0.2, 0.25) is 11.6 Å². The van der Waals surface area contributed by atoms with E-state index in [4.69, 9.17) is 9.15 Å². The highest BCUT2D eigenvalue weighted by Gasteiger charge is 2.31. The third-order valence-corrected chi connectivity index (χ3v) is 3.81. The molecule has 0 N–H and O–H groups in total. The molecule has 0 aliphatic carbocycles. The normalized spacial score (nSPS) is 11.5. The summed E-state index contributed by atoms with van der Waals surface area (Å²) in [6.07, 6.45) is -3.14. The molecule has 2 aromatic carbocycles. The van der Waals surface area contributed by atoms with Crippen LogP contribution in [0.15, 0.2) is 71.3 Å². The second-order valence-electron chi connectivity index (χ2n) is 5.83. The van der Waals surface area contributed by atoms with E-state index in [0.717, 1.165) is 0 Å². The summed E-state index contributed by atoms with van der Waals surface area (Å²) in [6, 6.07) is 16.3. The van der Waals surface area contributed by atoms with Crippen molar-refractivity contribution in [1.29, 1.82) is 0 Å². The molecule has 0 aliphatic heterocycles. The summed E-state index contributed by atoms with van der Waals surface area (Å²) in [7, 11) is 0. The molecule has 0 amide bonds. The molecule has 4 rings (SSSR count). The first kappa shape index (κ1) is 17.8. The Morgan fingerprint density at radius 3 is 2.64 bits per heavy atom. The maximum absolute atomic E-state index is 12.4. The number of benzene rings is 2. The Balaban J connectivity index is 1.56. The highest BCUT2D eigenvalue weighted by Crippen LogP contribution is 2.32. The quantitative estimate of drug-likeness (QED) is 0.462. The van der Waals surface area contributed by atoms with Crippen molar-refractivity contribution in [2.45, 2.75) is 13.0 Å². The van der Waals surface area contributed by atoms with Crippen LogP contribution in [0.3, 0.4) is 0 Å². The van der Waals surface area contributed by atoms with Crippen LogP contribution < -0.4 is 9.47 Å². The predicted molar refractivity (Wildman–Crippen MR) is 94.7 cm³/mol. The second kappa shape index (κ2) is 7.22. The Bertz CT molecular complexity index is 1080. The Kier molecular flexibility index (Phi) is 4.60. The van der Waals surface area contributed by atoms with Gasteiger partial charge in [-0.3, -0.25) is 0 Å². The van der Waals surface area contributed by atoms with Crippen molar-refractivity contribution in [1.82, 2.24) is 9.97 Å². The van der Waals surface area contributed by atoms with Crippen LogP contribution in [0, 0.1) is 0 Å². The topological polar surface area (TPSA) is 57.4 Å². The van der Waals surface area contributed by atoms with Gasteiger partial charge in [0, 0.05) is 6.20 Å². The second-order valence-corrected chi connectivity index (χ2v) is 5.83. The van der Waals surface area contributed by atoms with Gasteiger partial charge in [-0.1, -0.05) is 24.3 Å². The largest absolute Gasteiger partial charge is 0.573 e. The molecular formula is C20H13F3N2O3. The Labute approximate surface area is 157 Å². The van der Waals surface area contributed by atoms with Crippen LogP contribution in [-0.2, 0) is 6.61 Å². The molecule has 4 aromatic rings. The zero-order chi connectivity index (χ0) is 19.6. The molecular weight excluding hydrogens is 373 g/mol. The molecule has 28 heavy (non-hydrogen) atoms. The molecule has 0 radical (unpaired) electrons. The van der Waals surface area contributed by atoms with Crippen molar-refractivity contribution in [3.63, 3.8) is 0 Å². The third-order valence-electron chi connectivity index (χ3n) is 3.81. The summed E-state index contributed by atoms with van der Waals surface area (Å²) in [5.74, 6) is 0.529. The lowest BCUT2D eigenvalue weighted by molar-refractivity contribution is -0.274. The standard InChI is InChI=1S/C20H13F3N2O3/c21-20(22,23)28-14-6-3-5-13(11-14)12-26-17-9-2-1-7-15(17)18-25-16-8-4-10-24-19(16)27-18/h1-11H,12H2. The van der Waals surface area contributed by atoms with E-state index < -0.39 is 6.36 Å². The van der Waals surface area contributed by atoms with E-state index in [1.807, 2.05) is 6.07 Å². The molecule has 0 saturated heterocycles. The number of halogens is 3. The van der Waals surface area contributed by atoms with Gasteiger partial charge < -0.3 is 13.9 Å². The number of rotatable bonds is 5. The smallest absolute Gasteiger partial charge is 0.488 e. The molecule has 0 spiro atoms. The highest BCUT2D eigenvalue weighted by atomic mass is 19.4. The van der Waals surface area contributed by atoms with Crippen LogP contribution in [0.5, 0.6) is 11.5 Å². The lowest BCUT2D eigenvalue weighted by Crippen LogP contribution is -2.17. The lowest BCUT2D eigenvalue weighted by Gasteiger charge is -2.12. The third kappa shape index (κ3) is 4.06. The number of oxazole rings is 1. The summed E-state index contributed by atoms with van der Waals surface area (Å²) < 4.78 is 52.5. The average Bonchev–Trinajstić information content (AvgIpc) is 3.09. The van der Waals surface area contributed by atoms with E-state index in [1.165, 1.54) is 18.2 Å². The van der Waals surface area contributed by atoms with Crippen LogP contribution in [0.2, 0.25) is 0 Å². The van der Waals surface area contributed by atoms with E-state index in [9.17, 15) is 13.2 Å². The van der Waals surface area contributed by atoms with Crippen molar-refractivity contribution in [2.24, 2.45) is 0 Å². The summed E-state index contributed by atoms with van der Waals surface area (Å²) in [4.78, 5) is 8.51. The van der Waals surface area contributed by atoms with Gasteiger partial charge in [-0.05, 0) is 42.0 Å². The molecule has 5 nitrogen and oxygen atoms in total. The van der Waals surface area contributed by atoms with Crippen molar-refractivity contribution < 1.29 is 27.1 Å². The summed E-state index contributed by atoms with van der Waals surface area (Å²) >= 11 is 0. The number of hydrogen-bond acceptors (Lipinski definition) is 5. The molecule has 2 heterocycles. The minimum atomic E-state index is -4.74. The van der Waals surface area contributed by atoms with Gasteiger partial charge in [0.15, 0.2) is 0 Å². The van der Waals surface area contributed by atoms with Gasteiger partial charge >= 0.3 is 6.36 Å². The number of pyridine rings is 1. The maximum atomic E-state index is 12.4. The van der Waals surface area contributed by atoms with Crippen molar-refractivity contribution in [3.05, 3.63) is 72.4 Å². The number of para-hydroxylation sites is 1. The molecule has 8 heteroatoms. The first-order chi connectivity index (χ1) is 13.5. The molecule has 0 atom stereocenters. The predicted octanol–water partition coefficient (Wildman–Crippen LogP) is 5.37. The number of ether oxygens (including phenoxy) is 2. The van der Waals surface area contributed by atoms with Crippen LogP contribution in [0.25, 0.3) is 22.7 Å². The Hall–Kier alpha value is -3.55. The van der Waals surface area contributed by atoms with Crippen LogP contribution in [0.1, 0.15) is 5.56 Å². The maximum Gasteiger partial charge on any atom is 0.573 e. The number of hydrogen-bond donors (Lipinski definition) is 0. The highest BCUT2D eigenvalue weighted by molar-refractivity contribution is 5.74. The molecule has 0 bridgehead atoms. The Morgan fingerprint density at radius 2 is 1.82 bits per heavy atom. The zero-order valence-corrected chi connectivity index (χ0v) is 14.3. The molecule has 142 valence electrons. The number of alkyl halides is 3. The van der Waals surface area contributed by atoms with Gasteiger partial charge in [0.25, 0.3) is 0 Å². The Morgan fingerprint density at radius 1 is 0.964 bits per heavy atom. The van der Waals surface area contributed by atoms with E-state index in [0.29, 0.717) is 34.0 Å². The zero-order valence-electron chi connectivity index (χ0n) is 14.3. The molecule has 0 saturated carbocycles. The van der Waals surface area contributed by atoms with Gasteiger partial charge in [-0.15, -0.1) is 13.2 Å². The van der Waals surface area contributed by atoms with E-state index in [1.54, 1.807) is 42.6 Å². The fourth-order valence-corrected chi connectivity index (χ4v) is 2.65. The number of nitrogens with zero attached hydrogens (tertiary/aromatic N) is 2. The van der Waals surface area contributed by atoms with Crippen LogP contribution >= 0.6 is 0 Å². The van der Waals surface area contributed by atoms with Gasteiger partial charge in [0.1, 0.15) is 23.6 Å². The monoisotopic (exact) mass is 386 g/mol. The average molecular weight is 386 g/mol. The fourth-order valence-electron chi connectivity index (χ4n) is 2.65. The summed E-state index contributed by atoms with van der Waals surface area (Å²) in [6.45, 7) is 0.0462. The number of aromatic nitrogens is 2. The minimum Gasteiger partial charge on any atom is -0.488 e. The van der Waals surface area contributed by atoms with Crippen molar-refractivity contribution >= 4 is 11.2 Å². The SMILES string of the molecule is FC(F)(F)Oc1cccc(COc2ccccc2-c2nc3cccnc3o2)c1. The fraction of sp³-hybridized carbons (Fsp3) is 0.100. The molecule has 0 aliphatic rings.